The van der Waals surface area contributed by atoms with Gasteiger partial charge in [0.2, 0.25) is 0 Å². The first-order valence-electron chi connectivity index (χ1n) is 4.92. The van der Waals surface area contributed by atoms with E-state index in [4.69, 9.17) is 0 Å². The van der Waals surface area contributed by atoms with Gasteiger partial charge in [0.15, 0.2) is 5.78 Å². The highest BCUT2D eigenvalue weighted by molar-refractivity contribution is 9.10. The summed E-state index contributed by atoms with van der Waals surface area (Å²) < 4.78 is 1.01. The van der Waals surface area contributed by atoms with E-state index in [1.807, 2.05) is 24.3 Å². The Balaban J connectivity index is 2.65. The van der Waals surface area contributed by atoms with E-state index >= 15 is 0 Å². The number of carbonyl (C=O) groups excluding carboxylic acids is 1. The smallest absolute Gasteiger partial charge is 0.163 e. The molecule has 1 rings (SSSR count). The van der Waals surface area contributed by atoms with Crippen molar-refractivity contribution in [2.75, 3.05) is 0 Å². The normalized spacial score (nSPS) is 12.5. The van der Waals surface area contributed by atoms with Gasteiger partial charge in [0, 0.05) is 16.5 Å². The van der Waals surface area contributed by atoms with Crippen LogP contribution in [0.1, 0.15) is 37.0 Å². The fraction of sp³-hybridized carbons (Fsp3) is 0.417. The molecule has 0 N–H and O–H groups in total. The molecule has 0 radical (unpaired) electrons. The van der Waals surface area contributed by atoms with Gasteiger partial charge in [0.05, 0.1) is 0 Å². The summed E-state index contributed by atoms with van der Waals surface area (Å²) in [7, 11) is 0. The molecule has 1 nitrogen and oxygen atoms in total. The molecule has 0 amide bonds. The van der Waals surface area contributed by atoms with Crippen molar-refractivity contribution in [3.05, 3.63) is 34.3 Å². The van der Waals surface area contributed by atoms with Crippen LogP contribution in [0, 0.1) is 5.92 Å². The van der Waals surface area contributed by atoms with Gasteiger partial charge < -0.3 is 0 Å². The molecule has 0 saturated heterocycles. The van der Waals surface area contributed by atoms with Gasteiger partial charge in [0.1, 0.15) is 0 Å². The average molecular weight is 255 g/mol. The predicted octanol–water partition coefficient (Wildman–Crippen LogP) is 4.07. The SMILES string of the molecule is CC[C@@H](C)CC(=O)c1ccc(Br)cc1. The summed E-state index contributed by atoms with van der Waals surface area (Å²) >= 11 is 3.35. The third-order valence-corrected chi connectivity index (χ3v) is 2.93. The monoisotopic (exact) mass is 254 g/mol. The van der Waals surface area contributed by atoms with Gasteiger partial charge in [0.25, 0.3) is 0 Å². The molecule has 2 heteroatoms. The van der Waals surface area contributed by atoms with Crippen LogP contribution in [0.25, 0.3) is 0 Å². The lowest BCUT2D eigenvalue weighted by Gasteiger charge is -2.06. The number of ketones is 1. The third kappa shape index (κ3) is 3.26. The van der Waals surface area contributed by atoms with Crippen LogP contribution in [0.3, 0.4) is 0 Å². The summed E-state index contributed by atoms with van der Waals surface area (Å²) in [5, 5.41) is 0. The van der Waals surface area contributed by atoms with E-state index in [1.165, 1.54) is 0 Å². The van der Waals surface area contributed by atoms with Crippen LogP contribution in [-0.4, -0.2) is 5.78 Å². The van der Waals surface area contributed by atoms with Crippen LogP contribution in [0.4, 0.5) is 0 Å². The molecule has 76 valence electrons. The number of benzene rings is 1. The fourth-order valence-corrected chi connectivity index (χ4v) is 1.48. The molecule has 0 aliphatic rings. The number of Topliss-reactive ketones (excluding diaryl/α,β-unsaturated/α-hetero) is 1. The van der Waals surface area contributed by atoms with Crippen molar-refractivity contribution in [1.82, 2.24) is 0 Å². The van der Waals surface area contributed by atoms with Gasteiger partial charge in [-0.3, -0.25) is 4.79 Å². The van der Waals surface area contributed by atoms with Gasteiger partial charge in [-0.25, -0.2) is 0 Å². The maximum Gasteiger partial charge on any atom is 0.163 e. The molecule has 1 aromatic rings. The molecule has 0 heterocycles. The quantitative estimate of drug-likeness (QED) is 0.741. The topological polar surface area (TPSA) is 17.1 Å². The van der Waals surface area contributed by atoms with Crippen molar-refractivity contribution in [3.8, 4) is 0 Å². The predicted molar refractivity (Wildman–Crippen MR) is 62.5 cm³/mol. The van der Waals surface area contributed by atoms with Crippen LogP contribution >= 0.6 is 15.9 Å². The van der Waals surface area contributed by atoms with Crippen LogP contribution in [0.2, 0.25) is 0 Å². The van der Waals surface area contributed by atoms with Crippen LogP contribution in [0.15, 0.2) is 28.7 Å². The number of halogens is 1. The molecule has 0 spiro atoms. The summed E-state index contributed by atoms with van der Waals surface area (Å²) in [5.74, 6) is 0.720. The van der Waals surface area contributed by atoms with Crippen molar-refractivity contribution in [2.45, 2.75) is 26.7 Å². The molecule has 1 aromatic carbocycles. The van der Waals surface area contributed by atoms with E-state index in [0.717, 1.165) is 16.5 Å². The molecular formula is C12H15BrO. The van der Waals surface area contributed by atoms with E-state index in [9.17, 15) is 4.79 Å². The first-order chi connectivity index (χ1) is 6.63. The Morgan fingerprint density at radius 3 is 2.43 bits per heavy atom. The molecule has 0 aliphatic carbocycles. The minimum atomic E-state index is 0.242. The van der Waals surface area contributed by atoms with Crippen molar-refractivity contribution >= 4 is 21.7 Å². The lowest BCUT2D eigenvalue weighted by molar-refractivity contribution is 0.0963. The van der Waals surface area contributed by atoms with E-state index in [1.54, 1.807) is 0 Å². The van der Waals surface area contributed by atoms with Crippen molar-refractivity contribution < 1.29 is 4.79 Å². The lowest BCUT2D eigenvalue weighted by Crippen LogP contribution is -2.04. The van der Waals surface area contributed by atoms with Crippen LogP contribution in [-0.2, 0) is 0 Å². The number of rotatable bonds is 4. The van der Waals surface area contributed by atoms with Gasteiger partial charge >= 0.3 is 0 Å². The van der Waals surface area contributed by atoms with Crippen LogP contribution in [0.5, 0.6) is 0 Å². The highest BCUT2D eigenvalue weighted by atomic mass is 79.9. The molecule has 0 aromatic heterocycles. The summed E-state index contributed by atoms with van der Waals surface area (Å²) in [6, 6.07) is 7.55. The summed E-state index contributed by atoms with van der Waals surface area (Å²) in [6.45, 7) is 4.22. The zero-order valence-electron chi connectivity index (χ0n) is 8.59. The van der Waals surface area contributed by atoms with Gasteiger partial charge in [-0.2, -0.15) is 0 Å². The van der Waals surface area contributed by atoms with Gasteiger partial charge in [-0.15, -0.1) is 0 Å². The number of hydrogen-bond acceptors (Lipinski definition) is 1. The van der Waals surface area contributed by atoms with Crippen molar-refractivity contribution in [1.29, 1.82) is 0 Å². The van der Waals surface area contributed by atoms with Crippen molar-refractivity contribution in [3.63, 3.8) is 0 Å². The largest absolute Gasteiger partial charge is 0.294 e. The molecule has 1 atom stereocenters. The molecule has 0 bridgehead atoms. The minimum Gasteiger partial charge on any atom is -0.294 e. The third-order valence-electron chi connectivity index (χ3n) is 2.40. The number of hydrogen-bond donors (Lipinski definition) is 0. The highest BCUT2D eigenvalue weighted by Crippen LogP contribution is 2.15. The number of carbonyl (C=O) groups is 1. The Labute approximate surface area is 93.7 Å². The first-order valence-corrected chi connectivity index (χ1v) is 5.71. The Morgan fingerprint density at radius 2 is 1.93 bits per heavy atom. The summed E-state index contributed by atoms with van der Waals surface area (Å²) in [6.07, 6.45) is 1.71. The zero-order chi connectivity index (χ0) is 10.6. The molecular weight excluding hydrogens is 240 g/mol. The Hall–Kier alpha value is -0.630. The second-order valence-electron chi connectivity index (χ2n) is 3.65. The Morgan fingerprint density at radius 1 is 1.36 bits per heavy atom. The molecule has 0 aliphatic heterocycles. The van der Waals surface area contributed by atoms with Crippen molar-refractivity contribution in [2.24, 2.45) is 5.92 Å². The van der Waals surface area contributed by atoms with E-state index in [2.05, 4.69) is 29.8 Å². The fourth-order valence-electron chi connectivity index (χ4n) is 1.21. The Kier molecular flexibility index (Phi) is 4.33. The molecule has 0 fully saturated rings. The molecule has 0 saturated carbocycles. The molecule has 14 heavy (non-hydrogen) atoms. The Bertz CT molecular complexity index is 303. The van der Waals surface area contributed by atoms with Gasteiger partial charge in [-0.1, -0.05) is 48.3 Å². The summed E-state index contributed by atoms with van der Waals surface area (Å²) in [5.41, 5.74) is 0.813. The standard InChI is InChI=1S/C12H15BrO/c1-3-9(2)8-12(14)10-4-6-11(13)7-5-10/h4-7,9H,3,8H2,1-2H3/t9-/m1/s1. The maximum absolute atomic E-state index is 11.7. The zero-order valence-corrected chi connectivity index (χ0v) is 10.2. The second kappa shape index (κ2) is 5.30. The van der Waals surface area contributed by atoms with Gasteiger partial charge in [-0.05, 0) is 18.1 Å². The van der Waals surface area contributed by atoms with Crippen LogP contribution < -0.4 is 0 Å². The second-order valence-corrected chi connectivity index (χ2v) is 4.56. The highest BCUT2D eigenvalue weighted by Gasteiger charge is 2.09. The first kappa shape index (κ1) is 11.4. The maximum atomic E-state index is 11.7. The van der Waals surface area contributed by atoms with E-state index < -0.39 is 0 Å². The average Bonchev–Trinajstić information content (AvgIpc) is 2.18. The minimum absolute atomic E-state index is 0.242. The van der Waals surface area contributed by atoms with E-state index in [-0.39, 0.29) is 5.78 Å². The summed E-state index contributed by atoms with van der Waals surface area (Å²) in [4.78, 5) is 11.7. The lowest BCUT2D eigenvalue weighted by atomic mass is 9.98. The molecule has 0 unspecified atom stereocenters. The van der Waals surface area contributed by atoms with E-state index in [0.29, 0.717) is 12.3 Å².